The minimum Gasteiger partial charge on any atom is -0.493 e. The summed E-state index contributed by atoms with van der Waals surface area (Å²) in [5.74, 6) is 1.76. The number of anilines is 2. The molecule has 2 N–H and O–H groups in total. The number of carbonyl (C=O) groups is 1. The third kappa shape index (κ3) is 3.69. The second kappa shape index (κ2) is 7.61. The number of carbonyl (C=O) groups excluding carboxylic acids is 1. The first-order chi connectivity index (χ1) is 12.9. The van der Waals surface area contributed by atoms with Crippen LogP contribution >= 0.6 is 0 Å². The van der Waals surface area contributed by atoms with Gasteiger partial charge < -0.3 is 24.8 Å². The minimum atomic E-state index is -0.0303. The first kappa shape index (κ1) is 18.6. The first-order valence-corrected chi connectivity index (χ1v) is 8.74. The first-order valence-electron chi connectivity index (χ1n) is 8.74. The number of fused-ring (bicyclic) bond motifs is 1. The second-order valence-electron chi connectivity index (χ2n) is 6.48. The molecule has 0 radical (unpaired) electrons. The lowest BCUT2D eigenvalue weighted by Gasteiger charge is -2.16. The van der Waals surface area contributed by atoms with Crippen LogP contribution in [0.2, 0.25) is 0 Å². The molecule has 1 aliphatic heterocycles. The maximum absolute atomic E-state index is 13.0. The van der Waals surface area contributed by atoms with Crippen molar-refractivity contribution in [2.24, 2.45) is 0 Å². The lowest BCUT2D eigenvalue weighted by Crippen LogP contribution is -2.13. The maximum Gasteiger partial charge on any atom is 0.231 e. The molecule has 0 saturated carbocycles. The van der Waals surface area contributed by atoms with Crippen molar-refractivity contribution in [1.29, 1.82) is 0 Å². The number of ketones is 1. The monoisotopic (exact) mass is 368 g/mol. The molecule has 0 bridgehead atoms. The van der Waals surface area contributed by atoms with E-state index in [4.69, 9.17) is 19.9 Å². The van der Waals surface area contributed by atoms with Crippen LogP contribution in [0.25, 0.3) is 6.08 Å². The Kier molecular flexibility index (Phi) is 5.26. The number of methoxy groups -OCH3 is 1. The Hall–Kier alpha value is -3.15. The third-order valence-electron chi connectivity index (χ3n) is 4.47. The van der Waals surface area contributed by atoms with E-state index < -0.39 is 0 Å². The molecular formula is C21H24N2O4. The Bertz CT molecular complexity index is 903. The molecular weight excluding hydrogens is 344 g/mol. The summed E-state index contributed by atoms with van der Waals surface area (Å²) in [5.41, 5.74) is 9.57. The van der Waals surface area contributed by atoms with Crippen LogP contribution in [0.3, 0.4) is 0 Å². The van der Waals surface area contributed by atoms with Crippen LogP contribution in [-0.4, -0.2) is 33.8 Å². The van der Waals surface area contributed by atoms with Gasteiger partial charge in [-0.2, -0.15) is 0 Å². The van der Waals surface area contributed by atoms with Crippen molar-refractivity contribution in [3.8, 4) is 17.2 Å². The predicted octanol–water partition coefficient (Wildman–Crippen LogP) is 3.75. The van der Waals surface area contributed by atoms with Gasteiger partial charge in [0.05, 0.1) is 18.5 Å². The largest absolute Gasteiger partial charge is 0.493 e. The van der Waals surface area contributed by atoms with Gasteiger partial charge in [0.15, 0.2) is 17.3 Å². The Labute approximate surface area is 159 Å². The van der Waals surface area contributed by atoms with Crippen molar-refractivity contribution in [3.63, 3.8) is 0 Å². The van der Waals surface area contributed by atoms with Crippen LogP contribution in [0.5, 0.6) is 17.2 Å². The molecule has 0 aromatic heterocycles. The van der Waals surface area contributed by atoms with Crippen molar-refractivity contribution < 1.29 is 19.0 Å². The number of nitrogen functional groups attached to an aromatic ring is 1. The zero-order chi connectivity index (χ0) is 19.6. The SMILES string of the molecule is CCC(=Cc1cc(OC)c2c(c1)OCO2)C(=O)c1ccc(N)c(N(C)C)c1. The average molecular weight is 368 g/mol. The summed E-state index contributed by atoms with van der Waals surface area (Å²) in [4.78, 5) is 14.9. The smallest absolute Gasteiger partial charge is 0.231 e. The summed E-state index contributed by atoms with van der Waals surface area (Å²) >= 11 is 0. The van der Waals surface area contributed by atoms with Crippen molar-refractivity contribution in [2.75, 3.05) is 38.6 Å². The van der Waals surface area contributed by atoms with Gasteiger partial charge in [0.25, 0.3) is 0 Å². The predicted molar refractivity (Wildman–Crippen MR) is 107 cm³/mol. The topological polar surface area (TPSA) is 74.0 Å². The fourth-order valence-electron chi connectivity index (χ4n) is 3.02. The second-order valence-corrected chi connectivity index (χ2v) is 6.48. The van der Waals surface area contributed by atoms with Crippen LogP contribution in [0, 0.1) is 0 Å². The summed E-state index contributed by atoms with van der Waals surface area (Å²) in [6.45, 7) is 2.12. The van der Waals surface area contributed by atoms with Gasteiger partial charge in [0.2, 0.25) is 12.5 Å². The summed E-state index contributed by atoms with van der Waals surface area (Å²) in [5, 5.41) is 0. The van der Waals surface area contributed by atoms with E-state index in [2.05, 4.69) is 0 Å². The fourth-order valence-corrected chi connectivity index (χ4v) is 3.02. The van der Waals surface area contributed by atoms with Crippen LogP contribution in [0.1, 0.15) is 29.3 Å². The molecule has 0 saturated heterocycles. The molecule has 3 rings (SSSR count). The molecule has 2 aromatic carbocycles. The van der Waals surface area contributed by atoms with Gasteiger partial charge in [-0.15, -0.1) is 0 Å². The number of hydrogen-bond acceptors (Lipinski definition) is 6. The molecule has 0 atom stereocenters. The number of allylic oxidation sites excluding steroid dienone is 1. The van der Waals surface area contributed by atoms with E-state index >= 15 is 0 Å². The van der Waals surface area contributed by atoms with Gasteiger partial charge in [-0.25, -0.2) is 0 Å². The number of Topliss-reactive ketones (excluding diaryl/α,β-unsaturated/α-hetero) is 1. The van der Waals surface area contributed by atoms with Gasteiger partial charge in [0.1, 0.15) is 0 Å². The zero-order valence-corrected chi connectivity index (χ0v) is 16.0. The fraction of sp³-hybridized carbons (Fsp3) is 0.286. The lowest BCUT2D eigenvalue weighted by molar-refractivity contribution is 0.103. The molecule has 1 aliphatic rings. The summed E-state index contributed by atoms with van der Waals surface area (Å²) in [7, 11) is 5.37. The Morgan fingerprint density at radius 1 is 1.26 bits per heavy atom. The van der Waals surface area contributed by atoms with Crippen molar-refractivity contribution in [1.82, 2.24) is 0 Å². The summed E-state index contributed by atoms with van der Waals surface area (Å²) in [6, 6.07) is 9.03. The quantitative estimate of drug-likeness (QED) is 0.476. The van der Waals surface area contributed by atoms with Crippen LogP contribution in [0.4, 0.5) is 11.4 Å². The molecule has 2 aromatic rings. The highest BCUT2D eigenvalue weighted by Crippen LogP contribution is 2.42. The average Bonchev–Trinajstić information content (AvgIpc) is 3.13. The van der Waals surface area contributed by atoms with E-state index in [1.807, 2.05) is 50.2 Å². The summed E-state index contributed by atoms with van der Waals surface area (Å²) < 4.78 is 16.3. The molecule has 1 heterocycles. The number of nitrogens with two attached hydrogens (primary N) is 1. The van der Waals surface area contributed by atoms with Gasteiger partial charge in [-0.05, 0) is 48.4 Å². The molecule has 27 heavy (non-hydrogen) atoms. The minimum absolute atomic E-state index is 0.0303. The molecule has 0 amide bonds. The molecule has 6 nitrogen and oxygen atoms in total. The van der Waals surface area contributed by atoms with Crippen LogP contribution in [-0.2, 0) is 0 Å². The molecule has 0 unspecified atom stereocenters. The van der Waals surface area contributed by atoms with E-state index in [1.165, 1.54) is 0 Å². The van der Waals surface area contributed by atoms with Gasteiger partial charge in [-0.3, -0.25) is 4.79 Å². The van der Waals surface area contributed by atoms with E-state index in [-0.39, 0.29) is 12.6 Å². The lowest BCUT2D eigenvalue weighted by atomic mass is 9.98. The Morgan fingerprint density at radius 2 is 2.04 bits per heavy atom. The Morgan fingerprint density at radius 3 is 2.70 bits per heavy atom. The molecule has 0 fully saturated rings. The number of ether oxygens (including phenoxy) is 3. The van der Waals surface area contributed by atoms with Gasteiger partial charge in [0, 0.05) is 25.2 Å². The standard InChI is InChI=1S/C21H24N2O4/c1-5-14(20(24)15-6-7-16(22)17(11-15)23(2)3)8-13-9-18(25-4)21-19(10-13)26-12-27-21/h6-11H,5,12,22H2,1-4H3. The number of benzene rings is 2. The number of hydrogen-bond donors (Lipinski definition) is 1. The molecule has 0 spiro atoms. The van der Waals surface area contributed by atoms with Crippen molar-refractivity contribution in [3.05, 3.63) is 47.0 Å². The number of nitrogens with zero attached hydrogens (tertiary/aromatic N) is 1. The number of rotatable bonds is 6. The van der Waals surface area contributed by atoms with E-state index in [1.54, 1.807) is 19.2 Å². The van der Waals surface area contributed by atoms with E-state index in [9.17, 15) is 4.79 Å². The molecule has 142 valence electrons. The van der Waals surface area contributed by atoms with Gasteiger partial charge >= 0.3 is 0 Å². The highest BCUT2D eigenvalue weighted by Gasteiger charge is 2.20. The van der Waals surface area contributed by atoms with Crippen molar-refractivity contribution in [2.45, 2.75) is 13.3 Å². The van der Waals surface area contributed by atoms with E-state index in [0.29, 0.717) is 40.5 Å². The molecule has 0 aliphatic carbocycles. The normalized spacial score (nSPS) is 12.8. The van der Waals surface area contributed by atoms with Crippen LogP contribution in [0.15, 0.2) is 35.9 Å². The van der Waals surface area contributed by atoms with Crippen molar-refractivity contribution >= 4 is 23.2 Å². The van der Waals surface area contributed by atoms with Gasteiger partial charge in [-0.1, -0.05) is 6.92 Å². The maximum atomic E-state index is 13.0. The highest BCUT2D eigenvalue weighted by molar-refractivity contribution is 6.12. The molecule has 6 heteroatoms. The summed E-state index contributed by atoms with van der Waals surface area (Å²) in [6.07, 6.45) is 2.45. The Balaban J connectivity index is 1.98. The van der Waals surface area contributed by atoms with Crippen LogP contribution < -0.4 is 24.8 Å². The zero-order valence-electron chi connectivity index (χ0n) is 16.0. The van der Waals surface area contributed by atoms with E-state index in [0.717, 1.165) is 11.3 Å². The third-order valence-corrected chi connectivity index (χ3v) is 4.47. The highest BCUT2D eigenvalue weighted by atomic mass is 16.7.